The quantitative estimate of drug-likeness (QED) is 0.434. The maximum Gasteiger partial charge on any atom is 0.459 e. The number of alkyl halides is 8. The summed E-state index contributed by atoms with van der Waals surface area (Å²) in [6.45, 7) is 2.21. The number of thiophene rings is 1. The molecule has 1 amide bonds. The number of carbonyl (C=O) groups excluding carboxylic acids is 1. The van der Waals surface area contributed by atoms with Crippen molar-refractivity contribution in [3.8, 4) is 16.3 Å². The van der Waals surface area contributed by atoms with Crippen LogP contribution in [0.1, 0.15) is 39.3 Å². The summed E-state index contributed by atoms with van der Waals surface area (Å²) in [4.78, 5) is 13.5. The number of hydrogen-bond donors (Lipinski definition) is 1. The topological polar surface area (TPSA) is 64.7 Å². The predicted octanol–water partition coefficient (Wildman–Crippen LogP) is 5.46. The van der Waals surface area contributed by atoms with Crippen LogP contribution in [0.5, 0.6) is 0 Å². The third-order valence-electron chi connectivity index (χ3n) is 5.45. The summed E-state index contributed by atoms with van der Waals surface area (Å²) in [7, 11) is 0.805. The fourth-order valence-electron chi connectivity index (χ4n) is 3.46. The Hall–Kier alpha value is -2.97. The van der Waals surface area contributed by atoms with Gasteiger partial charge in [-0.2, -0.15) is 45.3 Å². The Labute approximate surface area is 196 Å². The lowest BCUT2D eigenvalue weighted by Gasteiger charge is -2.19. The minimum Gasteiger partial charge on any atom is -0.352 e. The summed E-state index contributed by atoms with van der Waals surface area (Å²) in [5, 5.41) is 9.42. The molecule has 4 rings (SSSR count). The molecule has 0 aromatic carbocycles. The number of carbonyl (C=O) groups is 1. The maximum atomic E-state index is 13.9. The molecule has 3 heterocycles. The van der Waals surface area contributed by atoms with E-state index in [1.807, 2.05) is 0 Å². The van der Waals surface area contributed by atoms with E-state index in [9.17, 15) is 39.9 Å². The van der Waals surface area contributed by atoms with E-state index in [1.54, 1.807) is 6.92 Å². The summed E-state index contributed by atoms with van der Waals surface area (Å²) in [6.07, 6.45) is -7.65. The molecule has 1 fully saturated rings. The third-order valence-corrected chi connectivity index (χ3v) is 6.55. The zero-order chi connectivity index (χ0) is 25.9. The van der Waals surface area contributed by atoms with Crippen molar-refractivity contribution in [1.82, 2.24) is 24.9 Å². The van der Waals surface area contributed by atoms with Crippen LogP contribution < -0.4 is 5.32 Å². The molecular weight excluding hydrogens is 510 g/mol. The second-order valence-corrected chi connectivity index (χ2v) is 9.40. The van der Waals surface area contributed by atoms with Crippen molar-refractivity contribution in [2.24, 2.45) is 13.0 Å². The molecule has 1 saturated carbocycles. The second kappa shape index (κ2) is 8.31. The van der Waals surface area contributed by atoms with E-state index in [0.717, 1.165) is 43.6 Å². The molecule has 0 bridgehead atoms. The fourth-order valence-corrected chi connectivity index (χ4v) is 4.45. The molecule has 0 spiro atoms. The highest BCUT2D eigenvalue weighted by molar-refractivity contribution is 7.15. The van der Waals surface area contributed by atoms with Gasteiger partial charge in [0.25, 0.3) is 5.91 Å². The van der Waals surface area contributed by atoms with Crippen molar-refractivity contribution < 1.29 is 39.9 Å². The number of nitrogens with one attached hydrogen (secondary N) is 1. The van der Waals surface area contributed by atoms with E-state index in [2.05, 4.69) is 15.5 Å². The first-order chi connectivity index (χ1) is 16.1. The van der Waals surface area contributed by atoms with Crippen LogP contribution in [0, 0.1) is 12.8 Å². The molecular formula is C20H17F8N5OS. The summed E-state index contributed by atoms with van der Waals surface area (Å²) in [5.74, 6) is -6.82. The van der Waals surface area contributed by atoms with Crippen molar-refractivity contribution in [3.63, 3.8) is 0 Å². The first-order valence-corrected chi connectivity index (χ1v) is 11.0. The lowest BCUT2D eigenvalue weighted by atomic mass is 10.1. The smallest absolute Gasteiger partial charge is 0.352 e. The number of hydrogen-bond acceptors (Lipinski definition) is 4. The molecule has 35 heavy (non-hydrogen) atoms. The average molecular weight is 527 g/mol. The van der Waals surface area contributed by atoms with Crippen molar-refractivity contribution in [2.75, 3.05) is 6.54 Å². The van der Waals surface area contributed by atoms with E-state index in [0.29, 0.717) is 32.5 Å². The van der Waals surface area contributed by atoms with Crippen molar-refractivity contribution in [3.05, 3.63) is 40.2 Å². The summed E-state index contributed by atoms with van der Waals surface area (Å²) in [6, 6.07) is 1.51. The molecule has 0 aliphatic heterocycles. The maximum absolute atomic E-state index is 13.9. The van der Waals surface area contributed by atoms with E-state index in [-0.39, 0.29) is 16.2 Å². The van der Waals surface area contributed by atoms with Gasteiger partial charge in [0.15, 0.2) is 11.5 Å². The van der Waals surface area contributed by atoms with E-state index in [4.69, 9.17) is 0 Å². The highest BCUT2D eigenvalue weighted by Crippen LogP contribution is 2.49. The molecule has 0 atom stereocenters. The molecule has 15 heteroatoms. The van der Waals surface area contributed by atoms with E-state index in [1.165, 1.54) is 6.07 Å². The van der Waals surface area contributed by atoms with Gasteiger partial charge in [-0.3, -0.25) is 4.79 Å². The summed E-state index contributed by atoms with van der Waals surface area (Å²) >= 11 is 1.15. The SMILES string of the molecule is Cc1sc(-c2cnn(-c3c(C(F)(F)F)c(C(F)(F)C(F)(F)F)nn3C)c2)cc1C(=O)NCC1CC1. The molecule has 3 aromatic heterocycles. The molecule has 1 aliphatic carbocycles. The Kier molecular flexibility index (Phi) is 5.97. The lowest BCUT2D eigenvalue weighted by molar-refractivity contribution is -0.292. The van der Waals surface area contributed by atoms with Gasteiger partial charge < -0.3 is 5.32 Å². The van der Waals surface area contributed by atoms with Gasteiger partial charge in [0.1, 0.15) is 5.56 Å². The summed E-state index contributed by atoms with van der Waals surface area (Å²) in [5.41, 5.74) is -4.12. The second-order valence-electron chi connectivity index (χ2n) is 8.15. The van der Waals surface area contributed by atoms with Crippen LogP contribution in [0.2, 0.25) is 0 Å². The van der Waals surface area contributed by atoms with Gasteiger partial charge >= 0.3 is 18.3 Å². The molecule has 3 aromatic rings. The predicted molar refractivity (Wildman–Crippen MR) is 108 cm³/mol. The van der Waals surface area contributed by atoms with Gasteiger partial charge in [-0.05, 0) is 31.7 Å². The van der Waals surface area contributed by atoms with Crippen LogP contribution in [0.15, 0.2) is 18.5 Å². The number of halogens is 8. The average Bonchev–Trinajstić information content (AvgIpc) is 3.11. The number of rotatable bonds is 6. The van der Waals surface area contributed by atoms with Gasteiger partial charge in [0.2, 0.25) is 0 Å². The minimum atomic E-state index is -6.29. The first kappa shape index (κ1) is 25.1. The van der Waals surface area contributed by atoms with Gasteiger partial charge in [0.05, 0.1) is 11.8 Å². The highest BCUT2D eigenvalue weighted by Gasteiger charge is 2.64. The molecule has 0 saturated heterocycles. The Bertz CT molecular complexity index is 1270. The van der Waals surface area contributed by atoms with Crippen molar-refractivity contribution >= 4 is 17.2 Å². The van der Waals surface area contributed by atoms with E-state index >= 15 is 0 Å². The van der Waals surface area contributed by atoms with Gasteiger partial charge in [-0.25, -0.2) is 9.36 Å². The molecule has 190 valence electrons. The number of amides is 1. The standard InChI is InChI=1S/C20H17F8N5OS/c1-9-12(16(34)29-6-10-3-4-10)5-13(35-9)11-7-30-33(8-11)17-14(19(23,24)25)15(31-32(17)2)18(21,22)20(26,27)28/h5,7-8,10H,3-4,6H2,1-2H3,(H,29,34). The van der Waals surface area contributed by atoms with Crippen LogP contribution in [-0.2, 0) is 19.1 Å². The van der Waals surface area contributed by atoms with Crippen LogP contribution >= 0.6 is 11.3 Å². The molecule has 6 nitrogen and oxygen atoms in total. The van der Waals surface area contributed by atoms with Crippen LogP contribution in [0.4, 0.5) is 35.1 Å². The zero-order valence-electron chi connectivity index (χ0n) is 18.1. The zero-order valence-corrected chi connectivity index (χ0v) is 18.9. The third kappa shape index (κ3) is 4.65. The molecule has 0 unspecified atom stereocenters. The van der Waals surface area contributed by atoms with Gasteiger partial charge in [-0.1, -0.05) is 0 Å². The van der Waals surface area contributed by atoms with Crippen molar-refractivity contribution in [2.45, 2.75) is 38.0 Å². The Morgan fingerprint density at radius 3 is 2.40 bits per heavy atom. The van der Waals surface area contributed by atoms with Crippen LogP contribution in [-0.4, -0.2) is 38.2 Å². The van der Waals surface area contributed by atoms with Gasteiger partial charge in [0, 0.05) is 35.1 Å². The Balaban J connectivity index is 1.72. The number of aromatic nitrogens is 4. The fraction of sp³-hybridized carbons (Fsp3) is 0.450. The molecule has 1 N–H and O–H groups in total. The largest absolute Gasteiger partial charge is 0.459 e. The molecule has 1 aliphatic rings. The number of aryl methyl sites for hydroxylation is 2. The van der Waals surface area contributed by atoms with Crippen molar-refractivity contribution in [1.29, 1.82) is 0 Å². The Morgan fingerprint density at radius 1 is 1.17 bits per heavy atom. The van der Waals surface area contributed by atoms with Gasteiger partial charge in [-0.15, -0.1) is 11.3 Å². The monoisotopic (exact) mass is 527 g/mol. The normalized spacial score (nSPS) is 15.0. The lowest BCUT2D eigenvalue weighted by Crippen LogP contribution is -2.36. The summed E-state index contributed by atoms with van der Waals surface area (Å²) < 4.78 is 108. The number of nitrogens with zero attached hydrogens (tertiary/aromatic N) is 4. The minimum absolute atomic E-state index is 0.234. The first-order valence-electron chi connectivity index (χ1n) is 10.1. The highest BCUT2D eigenvalue weighted by atomic mass is 32.1. The Morgan fingerprint density at radius 2 is 1.83 bits per heavy atom. The molecule has 0 radical (unpaired) electrons. The van der Waals surface area contributed by atoms with Crippen LogP contribution in [0.25, 0.3) is 16.3 Å². The van der Waals surface area contributed by atoms with Crippen LogP contribution in [0.3, 0.4) is 0 Å². The van der Waals surface area contributed by atoms with E-state index < -0.39 is 35.4 Å².